The Balaban J connectivity index is 1.64. The van der Waals surface area contributed by atoms with Crippen molar-refractivity contribution in [3.8, 4) is 16.9 Å². The normalized spacial score (nSPS) is 16.6. The van der Waals surface area contributed by atoms with Crippen molar-refractivity contribution in [3.63, 3.8) is 0 Å². The fourth-order valence-corrected chi connectivity index (χ4v) is 4.27. The number of aryl methyl sites for hydroxylation is 1. The minimum atomic E-state index is -0.505. The number of rotatable bonds is 3. The molecule has 0 bridgehead atoms. The van der Waals surface area contributed by atoms with Gasteiger partial charge in [0.15, 0.2) is 0 Å². The molecule has 2 aromatic heterocycles. The SMILES string of the molecule is Cc1cccc(F)c1-n1nc2c(-c3ccc4c(c3)CN(C)[C@H](CO)C4)n[nH]c2cc1=O. The highest BCUT2D eigenvalue weighted by Crippen LogP contribution is 2.30. The summed E-state index contributed by atoms with van der Waals surface area (Å²) >= 11 is 0. The number of aliphatic hydroxyl groups is 1. The van der Waals surface area contributed by atoms with Crippen LogP contribution in [0.15, 0.2) is 47.3 Å². The standard InChI is InChI=1S/C23H22FN5O2/c1-13-4-3-5-18(24)23(13)29-20(31)10-19-22(27-29)21(26-25-19)15-7-6-14-9-17(12-30)28(2)11-16(14)8-15/h3-8,10,17,25,30H,9,11-12H2,1-2H3/t17-/m0/s1. The smallest absolute Gasteiger partial charge is 0.273 e. The Kier molecular flexibility index (Phi) is 4.68. The zero-order valence-corrected chi connectivity index (χ0v) is 17.3. The number of halogens is 1. The fourth-order valence-electron chi connectivity index (χ4n) is 4.27. The number of aromatic amines is 1. The monoisotopic (exact) mass is 419 g/mol. The number of nitrogens with one attached hydrogen (secondary N) is 1. The summed E-state index contributed by atoms with van der Waals surface area (Å²) in [6.45, 7) is 2.59. The molecule has 1 aliphatic rings. The summed E-state index contributed by atoms with van der Waals surface area (Å²) in [5, 5.41) is 21.3. The summed E-state index contributed by atoms with van der Waals surface area (Å²) in [5.41, 5.74) is 5.17. The van der Waals surface area contributed by atoms with Gasteiger partial charge in [0.1, 0.15) is 22.7 Å². The number of aromatic nitrogens is 4. The van der Waals surface area contributed by atoms with Gasteiger partial charge in [0.05, 0.1) is 12.1 Å². The highest BCUT2D eigenvalue weighted by atomic mass is 19.1. The third kappa shape index (κ3) is 3.24. The minimum Gasteiger partial charge on any atom is -0.395 e. The number of aliphatic hydroxyl groups excluding tert-OH is 1. The van der Waals surface area contributed by atoms with E-state index in [4.69, 9.17) is 0 Å². The zero-order valence-electron chi connectivity index (χ0n) is 17.3. The predicted molar refractivity (Wildman–Crippen MR) is 116 cm³/mol. The maximum atomic E-state index is 14.5. The minimum absolute atomic E-state index is 0.115. The van der Waals surface area contributed by atoms with E-state index in [1.165, 1.54) is 23.3 Å². The fraction of sp³-hybridized carbons (Fsp3) is 0.261. The summed E-state index contributed by atoms with van der Waals surface area (Å²) in [7, 11) is 2.00. The Morgan fingerprint density at radius 1 is 1.23 bits per heavy atom. The lowest BCUT2D eigenvalue weighted by atomic mass is 9.92. The van der Waals surface area contributed by atoms with Crippen molar-refractivity contribution >= 4 is 11.0 Å². The second kappa shape index (κ2) is 7.40. The molecular formula is C23H22FN5O2. The van der Waals surface area contributed by atoms with Crippen LogP contribution in [0.2, 0.25) is 0 Å². The lowest BCUT2D eigenvalue weighted by Gasteiger charge is -2.33. The van der Waals surface area contributed by atoms with Crippen molar-refractivity contribution in [2.45, 2.75) is 25.9 Å². The molecule has 31 heavy (non-hydrogen) atoms. The molecule has 0 saturated carbocycles. The van der Waals surface area contributed by atoms with Crippen LogP contribution in [-0.2, 0) is 13.0 Å². The second-order valence-corrected chi connectivity index (χ2v) is 8.07. The molecule has 0 fully saturated rings. The summed E-state index contributed by atoms with van der Waals surface area (Å²) in [6, 6.07) is 12.3. The van der Waals surface area contributed by atoms with Gasteiger partial charge in [-0.1, -0.05) is 24.3 Å². The molecule has 0 saturated heterocycles. The highest BCUT2D eigenvalue weighted by molar-refractivity contribution is 5.89. The molecule has 0 spiro atoms. The van der Waals surface area contributed by atoms with Gasteiger partial charge in [0, 0.05) is 24.2 Å². The Hall–Kier alpha value is -3.36. The number of para-hydroxylation sites is 1. The van der Waals surface area contributed by atoms with E-state index in [0.29, 0.717) is 22.3 Å². The van der Waals surface area contributed by atoms with Crippen molar-refractivity contribution < 1.29 is 9.50 Å². The molecule has 0 aliphatic carbocycles. The van der Waals surface area contributed by atoms with E-state index in [1.807, 2.05) is 13.1 Å². The van der Waals surface area contributed by atoms with E-state index >= 15 is 0 Å². The molecule has 0 radical (unpaired) electrons. The Labute approximate surface area is 177 Å². The highest BCUT2D eigenvalue weighted by Gasteiger charge is 2.24. The van der Waals surface area contributed by atoms with E-state index in [2.05, 4.69) is 32.3 Å². The lowest BCUT2D eigenvalue weighted by molar-refractivity contribution is 0.131. The molecule has 1 aliphatic heterocycles. The van der Waals surface area contributed by atoms with Crippen LogP contribution >= 0.6 is 0 Å². The molecule has 4 aromatic rings. The Bertz CT molecular complexity index is 1340. The Morgan fingerprint density at radius 3 is 2.84 bits per heavy atom. The van der Waals surface area contributed by atoms with Crippen molar-refractivity contribution in [2.75, 3.05) is 13.7 Å². The molecule has 2 N–H and O–H groups in total. The van der Waals surface area contributed by atoms with Gasteiger partial charge >= 0.3 is 0 Å². The van der Waals surface area contributed by atoms with E-state index in [9.17, 15) is 14.3 Å². The molecule has 2 aromatic carbocycles. The second-order valence-electron chi connectivity index (χ2n) is 8.07. The third-order valence-corrected chi connectivity index (χ3v) is 6.03. The first-order valence-electron chi connectivity index (χ1n) is 10.1. The van der Waals surface area contributed by atoms with Gasteiger partial charge in [-0.05, 0) is 49.2 Å². The summed E-state index contributed by atoms with van der Waals surface area (Å²) < 4.78 is 15.6. The van der Waals surface area contributed by atoms with E-state index < -0.39 is 11.4 Å². The largest absolute Gasteiger partial charge is 0.395 e. The molecule has 7 nitrogen and oxygen atoms in total. The van der Waals surface area contributed by atoms with E-state index in [-0.39, 0.29) is 18.3 Å². The molecule has 1 atom stereocenters. The molecular weight excluding hydrogens is 397 g/mol. The zero-order chi connectivity index (χ0) is 21.7. The summed E-state index contributed by atoms with van der Waals surface area (Å²) in [5.74, 6) is -0.505. The number of fused-ring (bicyclic) bond motifs is 2. The third-order valence-electron chi connectivity index (χ3n) is 6.03. The van der Waals surface area contributed by atoms with Crippen molar-refractivity contribution in [2.24, 2.45) is 0 Å². The number of hydrogen-bond donors (Lipinski definition) is 2. The molecule has 8 heteroatoms. The molecule has 0 amide bonds. The van der Waals surface area contributed by atoms with Crippen LogP contribution in [0.3, 0.4) is 0 Å². The topological polar surface area (TPSA) is 87.0 Å². The first-order chi connectivity index (χ1) is 15.0. The number of nitrogens with zero attached hydrogens (tertiary/aromatic N) is 4. The van der Waals surface area contributed by atoms with Gasteiger partial charge in [-0.2, -0.15) is 14.9 Å². The Morgan fingerprint density at radius 2 is 2.06 bits per heavy atom. The summed E-state index contributed by atoms with van der Waals surface area (Å²) in [4.78, 5) is 14.8. The van der Waals surface area contributed by atoms with Crippen molar-refractivity contribution in [3.05, 3.63) is 75.3 Å². The van der Waals surface area contributed by atoms with Crippen LogP contribution in [-0.4, -0.2) is 49.7 Å². The van der Waals surface area contributed by atoms with Gasteiger partial charge in [-0.25, -0.2) is 4.39 Å². The maximum Gasteiger partial charge on any atom is 0.273 e. The number of benzene rings is 2. The summed E-state index contributed by atoms with van der Waals surface area (Å²) in [6.07, 6.45) is 0.786. The number of H-pyrrole nitrogens is 1. The average Bonchev–Trinajstić information content (AvgIpc) is 3.15. The van der Waals surface area contributed by atoms with Gasteiger partial charge in [0.25, 0.3) is 5.56 Å². The molecule has 0 unspecified atom stereocenters. The first kappa shape index (κ1) is 19.6. The molecule has 5 rings (SSSR count). The lowest BCUT2D eigenvalue weighted by Crippen LogP contribution is -2.39. The first-order valence-corrected chi connectivity index (χ1v) is 10.1. The van der Waals surface area contributed by atoms with Crippen LogP contribution in [0.5, 0.6) is 0 Å². The van der Waals surface area contributed by atoms with Crippen LogP contribution < -0.4 is 5.56 Å². The van der Waals surface area contributed by atoms with Crippen LogP contribution in [0.1, 0.15) is 16.7 Å². The number of hydrogen-bond acceptors (Lipinski definition) is 5. The van der Waals surface area contributed by atoms with Gasteiger partial charge < -0.3 is 5.11 Å². The van der Waals surface area contributed by atoms with Crippen molar-refractivity contribution in [1.82, 2.24) is 24.9 Å². The van der Waals surface area contributed by atoms with Crippen molar-refractivity contribution in [1.29, 1.82) is 0 Å². The van der Waals surface area contributed by atoms with Gasteiger partial charge in [-0.3, -0.25) is 14.8 Å². The van der Waals surface area contributed by atoms with Crippen LogP contribution in [0.4, 0.5) is 4.39 Å². The van der Waals surface area contributed by atoms with Gasteiger partial charge in [0.2, 0.25) is 0 Å². The van der Waals surface area contributed by atoms with Gasteiger partial charge in [-0.15, -0.1) is 0 Å². The maximum absolute atomic E-state index is 14.5. The van der Waals surface area contributed by atoms with Crippen LogP contribution in [0.25, 0.3) is 28.0 Å². The quantitative estimate of drug-likeness (QED) is 0.533. The molecule has 3 heterocycles. The molecule has 158 valence electrons. The van der Waals surface area contributed by atoms with Crippen LogP contribution in [0, 0.1) is 12.7 Å². The van der Waals surface area contributed by atoms with E-state index in [1.54, 1.807) is 19.1 Å². The number of likely N-dealkylation sites (N-methyl/N-ethyl adjacent to an activating group) is 1. The average molecular weight is 419 g/mol. The predicted octanol–water partition coefficient (Wildman–Crippen LogP) is 2.57. The van der Waals surface area contributed by atoms with E-state index in [0.717, 1.165) is 23.2 Å².